The van der Waals surface area contributed by atoms with Gasteiger partial charge in [0.25, 0.3) is 5.88 Å². The fourth-order valence-corrected chi connectivity index (χ4v) is 7.64. The number of anilines is 1. The smallest absolute Gasteiger partial charge is 0.282 e. The number of aromatic nitrogens is 5. The molecule has 43 heavy (non-hydrogen) atoms. The van der Waals surface area contributed by atoms with Crippen LogP contribution in [0.2, 0.25) is 0 Å². The molecule has 11 heteroatoms. The van der Waals surface area contributed by atoms with E-state index in [0.717, 1.165) is 64.0 Å². The molecule has 10 nitrogen and oxygen atoms in total. The summed E-state index contributed by atoms with van der Waals surface area (Å²) in [5.74, 6) is 2.63. The van der Waals surface area contributed by atoms with Crippen LogP contribution in [0.25, 0.3) is 11.3 Å². The predicted molar refractivity (Wildman–Crippen MR) is 159 cm³/mol. The van der Waals surface area contributed by atoms with Gasteiger partial charge < -0.3 is 15.0 Å². The van der Waals surface area contributed by atoms with Gasteiger partial charge in [-0.15, -0.1) is 10.2 Å². The maximum atomic E-state index is 14.5. The van der Waals surface area contributed by atoms with Gasteiger partial charge in [-0.05, 0) is 62.1 Å². The number of halogens is 1. The normalized spacial score (nSPS) is 23.6. The minimum atomic E-state index is -0.365. The molecule has 2 saturated carbocycles. The van der Waals surface area contributed by atoms with Crippen LogP contribution in [-0.4, -0.2) is 74.2 Å². The molecule has 4 heterocycles. The molecule has 1 amide bonds. The molecule has 4 aliphatic rings. The number of nitrogens with one attached hydrogen (secondary N) is 1. The van der Waals surface area contributed by atoms with Gasteiger partial charge in [0.05, 0.1) is 11.4 Å². The van der Waals surface area contributed by atoms with Gasteiger partial charge in [-0.3, -0.25) is 19.7 Å². The lowest BCUT2D eigenvalue weighted by Gasteiger charge is -2.57. The third-order valence-corrected chi connectivity index (χ3v) is 9.65. The summed E-state index contributed by atoms with van der Waals surface area (Å²) in [4.78, 5) is 30.1. The molecule has 0 unspecified atom stereocenters. The number of benzene rings is 1. The van der Waals surface area contributed by atoms with Gasteiger partial charge in [0.15, 0.2) is 5.82 Å². The van der Waals surface area contributed by atoms with E-state index in [9.17, 15) is 9.18 Å². The number of ether oxygens (including phenoxy) is 1. The van der Waals surface area contributed by atoms with E-state index in [1.54, 1.807) is 25.4 Å². The minimum absolute atomic E-state index is 0.0634. The van der Waals surface area contributed by atoms with E-state index >= 15 is 0 Å². The zero-order valence-corrected chi connectivity index (χ0v) is 25.0. The third-order valence-electron chi connectivity index (χ3n) is 9.65. The molecule has 4 fully saturated rings. The summed E-state index contributed by atoms with van der Waals surface area (Å²) in [5.41, 5.74) is 2.27. The first kappa shape index (κ1) is 28.1. The minimum Gasteiger partial charge on any atom is -0.434 e. The standard InChI is InChI=1S/C32H39FN8O2/c1-19(2)29(22-12-24(13-22)38-20(3)42)41-16-32(17-41)8-11-40(15-32)30-31(39-37-18-36-30)43-26-7-6-23(33)14-25(26)28-27(21-4-5-21)34-9-10-35-28/h6-7,9-10,14,18-19,21-22,24,29H,4-5,8,11-13,15-17H2,1-3H3,(H,38,42)/t22?,24?,29-/m1/s1. The van der Waals surface area contributed by atoms with Crippen molar-refractivity contribution >= 4 is 11.7 Å². The second-order valence-corrected chi connectivity index (χ2v) is 13.3. The molecule has 1 N–H and O–H groups in total. The highest BCUT2D eigenvalue weighted by Gasteiger charge is 2.53. The van der Waals surface area contributed by atoms with E-state index in [1.807, 2.05) is 0 Å². The van der Waals surface area contributed by atoms with Gasteiger partial charge in [0.1, 0.15) is 17.9 Å². The van der Waals surface area contributed by atoms with Crippen LogP contribution in [0.4, 0.5) is 10.2 Å². The molecule has 1 spiro atoms. The van der Waals surface area contributed by atoms with Crippen LogP contribution in [-0.2, 0) is 4.79 Å². The molecule has 2 saturated heterocycles. The monoisotopic (exact) mass is 586 g/mol. The van der Waals surface area contributed by atoms with Gasteiger partial charge in [0, 0.05) is 74.5 Å². The highest BCUT2D eigenvalue weighted by Crippen LogP contribution is 2.48. The maximum Gasteiger partial charge on any atom is 0.282 e. The van der Waals surface area contributed by atoms with Crippen molar-refractivity contribution in [2.45, 2.75) is 70.9 Å². The Morgan fingerprint density at radius 3 is 2.65 bits per heavy atom. The quantitative estimate of drug-likeness (QED) is 0.385. The maximum absolute atomic E-state index is 14.5. The highest BCUT2D eigenvalue weighted by molar-refractivity contribution is 5.73. The Bertz CT molecular complexity index is 1500. The van der Waals surface area contributed by atoms with Crippen molar-refractivity contribution in [2.24, 2.45) is 17.3 Å². The van der Waals surface area contributed by atoms with Crippen LogP contribution in [0, 0.1) is 23.1 Å². The summed E-state index contributed by atoms with van der Waals surface area (Å²) in [6, 6.07) is 5.30. The molecular formula is C32H39FN8O2. The Morgan fingerprint density at radius 2 is 1.91 bits per heavy atom. The van der Waals surface area contributed by atoms with Gasteiger partial charge in [-0.1, -0.05) is 13.8 Å². The number of carbonyl (C=O) groups is 1. The summed E-state index contributed by atoms with van der Waals surface area (Å²) in [6.07, 6.45) is 10.1. The summed E-state index contributed by atoms with van der Waals surface area (Å²) >= 11 is 0. The molecule has 2 aromatic heterocycles. The van der Waals surface area contributed by atoms with Crippen LogP contribution in [0.5, 0.6) is 11.6 Å². The van der Waals surface area contributed by atoms with E-state index in [2.05, 4.69) is 54.1 Å². The second kappa shape index (κ2) is 11.1. The number of hydrogen-bond donors (Lipinski definition) is 1. The summed E-state index contributed by atoms with van der Waals surface area (Å²) < 4.78 is 20.9. The fourth-order valence-electron chi connectivity index (χ4n) is 7.64. The summed E-state index contributed by atoms with van der Waals surface area (Å²) in [6.45, 7) is 10.1. The topological polar surface area (TPSA) is 109 Å². The van der Waals surface area contributed by atoms with Crippen molar-refractivity contribution in [1.29, 1.82) is 0 Å². The summed E-state index contributed by atoms with van der Waals surface area (Å²) in [5, 5.41) is 11.4. The SMILES string of the molecule is CC(=O)NC1CC([C@@H](C(C)C)N2CC3(CCN(c4ncnnc4Oc4ccc(F)cc4-c4nccnc4C4CC4)C3)C2)C1. The van der Waals surface area contributed by atoms with Gasteiger partial charge in [-0.2, -0.15) is 0 Å². The zero-order chi connectivity index (χ0) is 29.7. The molecule has 2 aliphatic heterocycles. The van der Waals surface area contributed by atoms with Gasteiger partial charge in [0.2, 0.25) is 5.91 Å². The first-order chi connectivity index (χ1) is 20.8. The number of likely N-dealkylation sites (tertiary alicyclic amines) is 1. The van der Waals surface area contributed by atoms with Gasteiger partial charge >= 0.3 is 0 Å². The van der Waals surface area contributed by atoms with Crippen molar-refractivity contribution in [1.82, 2.24) is 35.4 Å². The number of hydrogen-bond acceptors (Lipinski definition) is 9. The van der Waals surface area contributed by atoms with E-state index in [1.165, 1.54) is 18.5 Å². The van der Waals surface area contributed by atoms with Crippen molar-refractivity contribution in [3.8, 4) is 22.9 Å². The largest absolute Gasteiger partial charge is 0.434 e. The van der Waals surface area contributed by atoms with Crippen molar-refractivity contribution in [3.63, 3.8) is 0 Å². The molecule has 226 valence electrons. The van der Waals surface area contributed by atoms with Gasteiger partial charge in [-0.25, -0.2) is 9.37 Å². The Labute approximate surface area is 251 Å². The van der Waals surface area contributed by atoms with Crippen LogP contribution >= 0.6 is 0 Å². The van der Waals surface area contributed by atoms with Crippen molar-refractivity contribution in [3.05, 3.63) is 48.4 Å². The number of rotatable bonds is 9. The number of nitrogens with zero attached hydrogens (tertiary/aromatic N) is 7. The lowest BCUT2D eigenvalue weighted by molar-refractivity contribution is -0.121. The van der Waals surface area contributed by atoms with Crippen LogP contribution in [0.15, 0.2) is 36.9 Å². The van der Waals surface area contributed by atoms with Crippen molar-refractivity contribution < 1.29 is 13.9 Å². The fraction of sp³-hybridized carbons (Fsp3) is 0.562. The molecule has 3 aromatic rings. The number of carbonyl (C=O) groups excluding carboxylic acids is 1. The Morgan fingerprint density at radius 1 is 1.12 bits per heavy atom. The number of amides is 1. The van der Waals surface area contributed by atoms with Crippen LogP contribution < -0.4 is 15.0 Å². The van der Waals surface area contributed by atoms with E-state index in [0.29, 0.717) is 58.5 Å². The molecule has 0 radical (unpaired) electrons. The molecule has 2 aliphatic carbocycles. The van der Waals surface area contributed by atoms with Crippen LogP contribution in [0.1, 0.15) is 64.5 Å². The predicted octanol–water partition coefficient (Wildman–Crippen LogP) is 4.59. The van der Waals surface area contributed by atoms with Crippen molar-refractivity contribution in [2.75, 3.05) is 31.1 Å². The van der Waals surface area contributed by atoms with E-state index < -0.39 is 0 Å². The Balaban J connectivity index is 1.06. The first-order valence-corrected chi connectivity index (χ1v) is 15.5. The lowest BCUT2D eigenvalue weighted by atomic mass is 9.68. The molecule has 0 bridgehead atoms. The first-order valence-electron chi connectivity index (χ1n) is 15.5. The average molecular weight is 587 g/mol. The van der Waals surface area contributed by atoms with Crippen LogP contribution in [0.3, 0.4) is 0 Å². The Kier molecular flexibility index (Phi) is 7.23. The van der Waals surface area contributed by atoms with E-state index in [4.69, 9.17) is 4.74 Å². The molecule has 1 atom stereocenters. The zero-order valence-electron chi connectivity index (χ0n) is 25.0. The third kappa shape index (κ3) is 5.55. The Hall–Kier alpha value is -3.73. The second-order valence-electron chi connectivity index (χ2n) is 13.3. The molecule has 1 aromatic carbocycles. The lowest BCUT2D eigenvalue weighted by Crippen LogP contribution is -2.65. The van der Waals surface area contributed by atoms with E-state index in [-0.39, 0.29) is 17.1 Å². The molecule has 7 rings (SSSR count). The molecular weight excluding hydrogens is 547 g/mol. The average Bonchev–Trinajstić information content (AvgIpc) is 3.70. The highest BCUT2D eigenvalue weighted by atomic mass is 19.1. The summed E-state index contributed by atoms with van der Waals surface area (Å²) in [7, 11) is 0.